The lowest BCUT2D eigenvalue weighted by atomic mass is 10.3. The molecule has 0 radical (unpaired) electrons. The average molecular weight is 299 g/mol. The van der Waals surface area contributed by atoms with Gasteiger partial charge in [0, 0.05) is 32.0 Å². The van der Waals surface area contributed by atoms with Crippen LogP contribution in [0.1, 0.15) is 19.8 Å². The molecule has 0 amide bonds. The van der Waals surface area contributed by atoms with Gasteiger partial charge in [0.25, 0.3) is 0 Å². The summed E-state index contributed by atoms with van der Waals surface area (Å²) in [4.78, 5) is 8.02. The van der Waals surface area contributed by atoms with E-state index in [9.17, 15) is 8.42 Å². The molecule has 0 aromatic carbocycles. The highest BCUT2D eigenvalue weighted by Crippen LogP contribution is 2.04. The van der Waals surface area contributed by atoms with E-state index in [-0.39, 0.29) is 11.4 Å². The number of guanidine groups is 1. The van der Waals surface area contributed by atoms with E-state index in [0.717, 1.165) is 12.8 Å². The first-order valence-electron chi connectivity index (χ1n) is 6.49. The molecule has 0 bridgehead atoms. The topological polar surface area (TPSA) is 109 Å². The molecule has 0 aliphatic heterocycles. The van der Waals surface area contributed by atoms with E-state index in [1.54, 1.807) is 6.07 Å². The Bertz CT molecular complexity index is 516. The second kappa shape index (κ2) is 8.49. The number of nitrogens with zero attached hydrogens (tertiary/aromatic N) is 2. The van der Waals surface area contributed by atoms with Crippen LogP contribution >= 0.6 is 0 Å². The Morgan fingerprint density at radius 3 is 2.90 bits per heavy atom. The number of nitrogens with two attached hydrogens (primary N) is 1. The Kier molecular flexibility index (Phi) is 6.96. The molecule has 1 aromatic heterocycles. The monoisotopic (exact) mass is 299 g/mol. The summed E-state index contributed by atoms with van der Waals surface area (Å²) in [7, 11) is -3.51. The number of pyridine rings is 1. The first-order valence-corrected chi connectivity index (χ1v) is 7.98. The van der Waals surface area contributed by atoms with Crippen LogP contribution in [-0.2, 0) is 10.0 Å². The van der Waals surface area contributed by atoms with Crippen molar-refractivity contribution in [2.24, 2.45) is 10.7 Å². The highest BCUT2D eigenvalue weighted by molar-refractivity contribution is 7.89. The van der Waals surface area contributed by atoms with Crippen LogP contribution in [0.15, 0.2) is 34.4 Å². The molecular formula is C12H21N5O2S. The third-order valence-corrected chi connectivity index (χ3v) is 3.91. The van der Waals surface area contributed by atoms with Crippen molar-refractivity contribution in [3.63, 3.8) is 0 Å². The Morgan fingerprint density at radius 1 is 1.45 bits per heavy atom. The van der Waals surface area contributed by atoms with Crippen LogP contribution in [-0.4, -0.2) is 39.0 Å². The maximum atomic E-state index is 11.8. The zero-order valence-corrected chi connectivity index (χ0v) is 12.4. The number of aliphatic imine (C=N–C) groups is 1. The number of hydrogen-bond acceptors (Lipinski definition) is 4. The predicted molar refractivity (Wildman–Crippen MR) is 78.8 cm³/mol. The van der Waals surface area contributed by atoms with E-state index in [1.807, 2.05) is 0 Å². The Morgan fingerprint density at radius 2 is 2.25 bits per heavy atom. The molecule has 0 atom stereocenters. The lowest BCUT2D eigenvalue weighted by Crippen LogP contribution is -2.38. The molecule has 1 heterocycles. The second-order valence-corrected chi connectivity index (χ2v) is 5.90. The van der Waals surface area contributed by atoms with E-state index in [4.69, 9.17) is 5.73 Å². The third-order valence-electron chi connectivity index (χ3n) is 2.46. The molecule has 0 fully saturated rings. The normalized spacial score (nSPS) is 12.3. The second-order valence-electron chi connectivity index (χ2n) is 4.13. The molecule has 0 unspecified atom stereocenters. The van der Waals surface area contributed by atoms with E-state index in [0.29, 0.717) is 19.0 Å². The van der Waals surface area contributed by atoms with Gasteiger partial charge in [-0.15, -0.1) is 0 Å². The summed E-state index contributed by atoms with van der Waals surface area (Å²) in [5, 5.41) is 2.85. The predicted octanol–water partition coefficient (Wildman–Crippen LogP) is 0.0643. The SMILES string of the molecule is CCCCN=C(N)NCCNS(=O)(=O)c1cccnc1. The molecule has 20 heavy (non-hydrogen) atoms. The average Bonchev–Trinajstić information content (AvgIpc) is 2.45. The van der Waals surface area contributed by atoms with Gasteiger partial charge in [0.05, 0.1) is 0 Å². The largest absolute Gasteiger partial charge is 0.370 e. The van der Waals surface area contributed by atoms with Crippen LogP contribution in [0, 0.1) is 0 Å². The van der Waals surface area contributed by atoms with Gasteiger partial charge in [-0.2, -0.15) is 0 Å². The van der Waals surface area contributed by atoms with Gasteiger partial charge in [-0.1, -0.05) is 13.3 Å². The van der Waals surface area contributed by atoms with Crippen molar-refractivity contribution in [2.75, 3.05) is 19.6 Å². The Labute approximate surface area is 119 Å². The van der Waals surface area contributed by atoms with Crippen molar-refractivity contribution < 1.29 is 8.42 Å². The number of aromatic nitrogens is 1. The molecular weight excluding hydrogens is 278 g/mol. The summed E-state index contributed by atoms with van der Waals surface area (Å²) in [5.41, 5.74) is 5.63. The molecule has 0 saturated heterocycles. The van der Waals surface area contributed by atoms with Crippen LogP contribution in [0.5, 0.6) is 0 Å². The summed E-state index contributed by atoms with van der Waals surface area (Å²) in [6.45, 7) is 3.35. The molecule has 0 aliphatic rings. The smallest absolute Gasteiger partial charge is 0.242 e. The van der Waals surface area contributed by atoms with Crippen molar-refractivity contribution in [3.8, 4) is 0 Å². The highest BCUT2D eigenvalue weighted by Gasteiger charge is 2.12. The zero-order chi connectivity index (χ0) is 14.8. The van der Waals surface area contributed by atoms with E-state index in [2.05, 4.69) is 26.9 Å². The minimum Gasteiger partial charge on any atom is -0.370 e. The zero-order valence-electron chi connectivity index (χ0n) is 11.5. The molecule has 0 aliphatic carbocycles. The number of hydrogen-bond donors (Lipinski definition) is 3. The maximum Gasteiger partial charge on any atom is 0.242 e. The quantitative estimate of drug-likeness (QED) is 0.357. The van der Waals surface area contributed by atoms with Crippen LogP contribution in [0.3, 0.4) is 0 Å². The fourth-order valence-electron chi connectivity index (χ4n) is 1.38. The van der Waals surface area contributed by atoms with Gasteiger partial charge in [-0.25, -0.2) is 13.1 Å². The molecule has 0 spiro atoms. The fraction of sp³-hybridized carbons (Fsp3) is 0.500. The van der Waals surface area contributed by atoms with Gasteiger partial charge in [-0.3, -0.25) is 9.98 Å². The maximum absolute atomic E-state index is 11.8. The minimum absolute atomic E-state index is 0.143. The van der Waals surface area contributed by atoms with Gasteiger partial charge in [0.15, 0.2) is 5.96 Å². The lowest BCUT2D eigenvalue weighted by Gasteiger charge is -2.08. The van der Waals surface area contributed by atoms with Crippen LogP contribution in [0.25, 0.3) is 0 Å². The van der Waals surface area contributed by atoms with Crippen LogP contribution in [0.4, 0.5) is 0 Å². The van der Waals surface area contributed by atoms with E-state index < -0.39 is 10.0 Å². The molecule has 1 rings (SSSR count). The molecule has 7 nitrogen and oxygen atoms in total. The van der Waals surface area contributed by atoms with E-state index >= 15 is 0 Å². The van der Waals surface area contributed by atoms with Crippen LogP contribution in [0.2, 0.25) is 0 Å². The van der Waals surface area contributed by atoms with Crippen molar-refractivity contribution in [2.45, 2.75) is 24.7 Å². The van der Waals surface area contributed by atoms with Crippen molar-refractivity contribution in [3.05, 3.63) is 24.5 Å². The van der Waals surface area contributed by atoms with Crippen LogP contribution < -0.4 is 15.8 Å². The molecule has 112 valence electrons. The van der Waals surface area contributed by atoms with Crippen molar-refractivity contribution in [1.82, 2.24) is 15.0 Å². The summed E-state index contributed by atoms with van der Waals surface area (Å²) in [6, 6.07) is 3.06. The fourth-order valence-corrected chi connectivity index (χ4v) is 2.37. The highest BCUT2D eigenvalue weighted by atomic mass is 32.2. The van der Waals surface area contributed by atoms with Gasteiger partial charge in [-0.05, 0) is 18.6 Å². The Balaban J connectivity index is 2.32. The first-order chi connectivity index (χ1) is 9.56. The van der Waals surface area contributed by atoms with Crippen molar-refractivity contribution >= 4 is 16.0 Å². The van der Waals surface area contributed by atoms with Gasteiger partial charge in [0.2, 0.25) is 10.0 Å². The summed E-state index contributed by atoms with van der Waals surface area (Å²) in [5.74, 6) is 0.332. The van der Waals surface area contributed by atoms with Gasteiger partial charge >= 0.3 is 0 Å². The molecule has 8 heteroatoms. The van der Waals surface area contributed by atoms with Gasteiger partial charge < -0.3 is 11.1 Å². The first kappa shape index (κ1) is 16.4. The number of rotatable bonds is 8. The molecule has 0 saturated carbocycles. The number of nitrogens with one attached hydrogen (secondary N) is 2. The molecule has 1 aromatic rings. The minimum atomic E-state index is -3.51. The number of sulfonamides is 1. The number of unbranched alkanes of at least 4 members (excludes halogenated alkanes) is 1. The lowest BCUT2D eigenvalue weighted by molar-refractivity contribution is 0.580. The third kappa shape index (κ3) is 5.98. The molecule has 4 N–H and O–H groups in total. The standard InChI is InChI=1S/C12H21N5O2S/c1-2-3-7-15-12(13)16-8-9-17-20(18,19)11-5-4-6-14-10-11/h4-6,10,17H,2-3,7-9H2,1H3,(H3,13,15,16). The Hall–Kier alpha value is -1.67. The summed E-state index contributed by atoms with van der Waals surface area (Å²) >= 11 is 0. The van der Waals surface area contributed by atoms with Crippen molar-refractivity contribution in [1.29, 1.82) is 0 Å². The summed E-state index contributed by atoms with van der Waals surface area (Å²) < 4.78 is 26.2. The van der Waals surface area contributed by atoms with E-state index in [1.165, 1.54) is 18.5 Å². The summed E-state index contributed by atoms with van der Waals surface area (Å²) in [6.07, 6.45) is 4.86. The van der Waals surface area contributed by atoms with Gasteiger partial charge in [0.1, 0.15) is 4.90 Å².